The smallest absolute Gasteiger partial charge is 0.212 e. The quantitative estimate of drug-likeness (QED) is 0.642. The molecule has 144 valence electrons. The summed E-state index contributed by atoms with van der Waals surface area (Å²) in [6.07, 6.45) is 3.10. The topological polar surface area (TPSA) is 67.6 Å². The number of benzene rings is 1. The van der Waals surface area contributed by atoms with E-state index in [1.165, 1.54) is 6.07 Å². The predicted octanol–water partition coefficient (Wildman–Crippen LogP) is 3.19. The lowest BCUT2D eigenvalue weighted by atomic mass is 10.1. The molecule has 0 aliphatic carbocycles. The monoisotopic (exact) mass is 426 g/mol. The summed E-state index contributed by atoms with van der Waals surface area (Å²) in [6, 6.07) is 6.31. The van der Waals surface area contributed by atoms with E-state index in [0.29, 0.717) is 22.8 Å². The lowest BCUT2D eigenvalue weighted by Gasteiger charge is -2.24. The molecule has 0 fully saturated rings. The molecule has 0 unspecified atom stereocenters. The van der Waals surface area contributed by atoms with Crippen LogP contribution in [0.5, 0.6) is 0 Å². The van der Waals surface area contributed by atoms with Crippen LogP contribution in [0.15, 0.2) is 40.3 Å². The van der Waals surface area contributed by atoms with Crippen LogP contribution < -0.4 is 0 Å². The van der Waals surface area contributed by atoms with E-state index in [9.17, 15) is 8.42 Å². The Morgan fingerprint density at radius 3 is 2.78 bits per heavy atom. The highest BCUT2D eigenvalue weighted by molar-refractivity contribution is 7.91. The van der Waals surface area contributed by atoms with Crippen LogP contribution in [0, 0.1) is 0 Å². The van der Waals surface area contributed by atoms with E-state index in [0.717, 1.165) is 30.8 Å². The first-order valence-corrected chi connectivity index (χ1v) is 10.4. The van der Waals surface area contributed by atoms with Crippen molar-refractivity contribution in [2.75, 3.05) is 13.6 Å². The number of aromatic nitrogens is 3. The van der Waals surface area contributed by atoms with Crippen molar-refractivity contribution >= 4 is 39.5 Å². The normalized spacial score (nSPS) is 14.8. The predicted molar refractivity (Wildman–Crippen MR) is 107 cm³/mol. The van der Waals surface area contributed by atoms with E-state index in [-0.39, 0.29) is 22.2 Å². The summed E-state index contributed by atoms with van der Waals surface area (Å²) >= 11 is 6.01. The molecular weight excluding hydrogens is 407 g/mol. The fraction of sp³-hybridized carbons (Fsp3) is 0.333. The summed E-state index contributed by atoms with van der Waals surface area (Å²) in [5, 5.41) is 4.99. The van der Waals surface area contributed by atoms with Crippen molar-refractivity contribution in [3.63, 3.8) is 0 Å². The van der Waals surface area contributed by atoms with Gasteiger partial charge in [-0.2, -0.15) is 5.10 Å². The molecule has 9 heteroatoms. The number of halogens is 2. The van der Waals surface area contributed by atoms with Crippen LogP contribution in [-0.4, -0.2) is 41.5 Å². The fourth-order valence-corrected chi connectivity index (χ4v) is 5.32. The van der Waals surface area contributed by atoms with Crippen LogP contribution in [0.25, 0.3) is 5.65 Å². The van der Waals surface area contributed by atoms with Crippen molar-refractivity contribution in [2.24, 2.45) is 0 Å². The van der Waals surface area contributed by atoms with E-state index >= 15 is 0 Å². The molecule has 3 aromatic rings. The van der Waals surface area contributed by atoms with Crippen LogP contribution >= 0.6 is 24.0 Å². The number of hydrogen-bond acceptors (Lipinski definition) is 5. The first-order chi connectivity index (χ1) is 12.4. The molecule has 1 aliphatic rings. The van der Waals surface area contributed by atoms with Gasteiger partial charge in [0.25, 0.3) is 0 Å². The Bertz CT molecular complexity index is 1110. The molecule has 27 heavy (non-hydrogen) atoms. The molecule has 6 nitrogen and oxygen atoms in total. The van der Waals surface area contributed by atoms with Crippen molar-refractivity contribution in [3.8, 4) is 0 Å². The first-order valence-electron chi connectivity index (χ1n) is 8.49. The molecular formula is C18H20Cl2N4O2S. The summed E-state index contributed by atoms with van der Waals surface area (Å²) in [4.78, 5) is 7.03. The van der Waals surface area contributed by atoms with E-state index in [1.54, 1.807) is 28.9 Å². The standard InChI is InChI=1S/C18H19ClN4O2S.ClH/c1-3-15-17(26(24,25)14-6-4-5-13(19)9-14)18-20-10-12-11-22(2)8-7-16(12)23(18)21-15;/h4-6,9-10H,3,7-8,11H2,1-2H3;1H. The maximum Gasteiger partial charge on any atom is 0.212 e. The van der Waals surface area contributed by atoms with Crippen molar-refractivity contribution in [2.45, 2.75) is 36.1 Å². The van der Waals surface area contributed by atoms with Gasteiger partial charge in [0.2, 0.25) is 9.84 Å². The van der Waals surface area contributed by atoms with Crippen molar-refractivity contribution in [3.05, 3.63) is 52.4 Å². The molecule has 0 bridgehead atoms. The Balaban J connectivity index is 0.00000210. The molecule has 0 atom stereocenters. The van der Waals surface area contributed by atoms with E-state index in [1.807, 2.05) is 6.92 Å². The summed E-state index contributed by atoms with van der Waals surface area (Å²) in [5.74, 6) is 0. The summed E-state index contributed by atoms with van der Waals surface area (Å²) in [7, 11) is -1.71. The minimum atomic E-state index is -3.77. The average molecular weight is 427 g/mol. The zero-order chi connectivity index (χ0) is 18.5. The second-order valence-electron chi connectivity index (χ2n) is 6.54. The fourth-order valence-electron chi connectivity index (χ4n) is 3.41. The van der Waals surface area contributed by atoms with Gasteiger partial charge in [-0.25, -0.2) is 17.9 Å². The van der Waals surface area contributed by atoms with Gasteiger partial charge in [-0.05, 0) is 31.7 Å². The molecule has 1 aliphatic heterocycles. The lowest BCUT2D eigenvalue weighted by Crippen LogP contribution is -2.28. The summed E-state index contributed by atoms with van der Waals surface area (Å²) in [6.45, 7) is 3.60. The second kappa shape index (κ2) is 7.39. The molecule has 0 spiro atoms. The zero-order valence-corrected chi connectivity index (χ0v) is 17.4. The molecule has 1 aromatic carbocycles. The highest BCUT2D eigenvalue weighted by atomic mass is 35.5. The van der Waals surface area contributed by atoms with E-state index in [2.05, 4.69) is 22.0 Å². The van der Waals surface area contributed by atoms with Crippen LogP contribution in [0.4, 0.5) is 0 Å². The molecule has 0 saturated carbocycles. The molecule has 0 radical (unpaired) electrons. The molecule has 2 aromatic heterocycles. The third-order valence-corrected chi connectivity index (χ3v) is 6.80. The van der Waals surface area contributed by atoms with Gasteiger partial charge >= 0.3 is 0 Å². The van der Waals surface area contributed by atoms with Gasteiger partial charge in [-0.1, -0.05) is 24.6 Å². The van der Waals surface area contributed by atoms with E-state index < -0.39 is 9.84 Å². The largest absolute Gasteiger partial charge is 0.302 e. The molecule has 3 heterocycles. The Kier molecular flexibility index (Phi) is 5.49. The third-order valence-electron chi connectivity index (χ3n) is 4.74. The highest BCUT2D eigenvalue weighted by Crippen LogP contribution is 2.30. The SMILES string of the molecule is CCc1nn2c3c(cnc2c1S(=O)(=O)c1cccc(Cl)c1)CN(C)CC3.Cl. The van der Waals surface area contributed by atoms with Crippen LogP contribution in [-0.2, 0) is 29.2 Å². The highest BCUT2D eigenvalue weighted by Gasteiger charge is 2.30. The van der Waals surface area contributed by atoms with Gasteiger partial charge in [-0.3, -0.25) is 0 Å². The molecule has 4 rings (SSSR count). The minimum Gasteiger partial charge on any atom is -0.302 e. The van der Waals surface area contributed by atoms with E-state index in [4.69, 9.17) is 11.6 Å². The van der Waals surface area contributed by atoms with Gasteiger partial charge < -0.3 is 4.90 Å². The van der Waals surface area contributed by atoms with Gasteiger partial charge in [0.15, 0.2) is 5.65 Å². The van der Waals surface area contributed by atoms with Crippen LogP contribution in [0.3, 0.4) is 0 Å². The molecule has 0 N–H and O–H groups in total. The Labute approximate surface area is 169 Å². The Hall–Kier alpha value is -1.67. The van der Waals surface area contributed by atoms with Crippen molar-refractivity contribution in [1.82, 2.24) is 19.5 Å². The lowest BCUT2D eigenvalue weighted by molar-refractivity contribution is 0.307. The first kappa shape index (κ1) is 20.1. The van der Waals surface area contributed by atoms with Crippen molar-refractivity contribution < 1.29 is 8.42 Å². The maximum absolute atomic E-state index is 13.3. The molecule has 0 saturated heterocycles. The number of hydrogen-bond donors (Lipinski definition) is 0. The summed E-state index contributed by atoms with van der Waals surface area (Å²) in [5.41, 5.74) is 3.05. The second-order valence-corrected chi connectivity index (χ2v) is 8.87. The number of likely N-dealkylation sites (N-methyl/N-ethyl adjacent to an activating group) is 1. The van der Waals surface area contributed by atoms with Gasteiger partial charge in [-0.15, -0.1) is 12.4 Å². The number of fused-ring (bicyclic) bond motifs is 3. The molecule has 0 amide bonds. The minimum absolute atomic E-state index is 0. The van der Waals surface area contributed by atoms with Gasteiger partial charge in [0.1, 0.15) is 4.90 Å². The maximum atomic E-state index is 13.3. The number of sulfone groups is 1. The third kappa shape index (κ3) is 3.33. The summed E-state index contributed by atoms with van der Waals surface area (Å²) < 4.78 is 28.3. The van der Waals surface area contributed by atoms with Gasteiger partial charge in [0.05, 0.1) is 16.3 Å². The van der Waals surface area contributed by atoms with Crippen molar-refractivity contribution in [1.29, 1.82) is 0 Å². The van der Waals surface area contributed by atoms with Crippen LogP contribution in [0.2, 0.25) is 5.02 Å². The Morgan fingerprint density at radius 1 is 1.30 bits per heavy atom. The zero-order valence-electron chi connectivity index (χ0n) is 15.0. The number of rotatable bonds is 3. The van der Waals surface area contributed by atoms with Crippen LogP contribution in [0.1, 0.15) is 23.9 Å². The Morgan fingerprint density at radius 2 is 2.07 bits per heavy atom. The van der Waals surface area contributed by atoms with Gasteiger partial charge in [0, 0.05) is 36.3 Å². The average Bonchev–Trinajstić information content (AvgIpc) is 3.01. The number of aryl methyl sites for hydroxylation is 1. The number of nitrogens with zero attached hydrogens (tertiary/aromatic N) is 4.